The first-order chi connectivity index (χ1) is 7.22. The lowest BCUT2D eigenvalue weighted by atomic mass is 10.2. The number of nitrogens with zero attached hydrogens (tertiary/aromatic N) is 1. The molecule has 0 radical (unpaired) electrons. The van der Waals surface area contributed by atoms with Crippen LogP contribution in [0, 0.1) is 0 Å². The van der Waals surface area contributed by atoms with E-state index in [1.54, 1.807) is 14.2 Å². The molecule has 0 heterocycles. The van der Waals surface area contributed by atoms with E-state index in [1.807, 2.05) is 32.3 Å². The molecular weight excluding hydrogens is 192 g/mol. The predicted octanol–water partition coefficient (Wildman–Crippen LogP) is 1.32. The summed E-state index contributed by atoms with van der Waals surface area (Å²) in [7, 11) is 7.21. The Morgan fingerprint density at radius 2 is 2.00 bits per heavy atom. The van der Waals surface area contributed by atoms with Crippen LogP contribution >= 0.6 is 0 Å². The number of ether oxygens (including phenoxy) is 2. The van der Waals surface area contributed by atoms with Gasteiger partial charge in [-0.3, -0.25) is 0 Å². The first-order valence-electron chi connectivity index (χ1n) is 4.80. The summed E-state index contributed by atoms with van der Waals surface area (Å²) < 4.78 is 10.4. The lowest BCUT2D eigenvalue weighted by Gasteiger charge is -2.21. The third kappa shape index (κ3) is 2.76. The van der Waals surface area contributed by atoms with E-state index in [-0.39, 0.29) is 0 Å². The Morgan fingerprint density at radius 1 is 1.27 bits per heavy atom. The van der Waals surface area contributed by atoms with Crippen LogP contribution in [0.4, 0.5) is 5.69 Å². The van der Waals surface area contributed by atoms with Gasteiger partial charge in [-0.2, -0.15) is 0 Å². The van der Waals surface area contributed by atoms with E-state index in [2.05, 4.69) is 10.2 Å². The third-order valence-corrected chi connectivity index (χ3v) is 2.19. The smallest absolute Gasteiger partial charge is 0.145 e. The highest BCUT2D eigenvalue weighted by molar-refractivity contribution is 5.60. The maximum absolute atomic E-state index is 5.31. The van der Waals surface area contributed by atoms with Crippen LogP contribution in [0.25, 0.3) is 0 Å². The van der Waals surface area contributed by atoms with Gasteiger partial charge < -0.3 is 19.7 Å². The van der Waals surface area contributed by atoms with Gasteiger partial charge in [0, 0.05) is 13.1 Å². The second kappa shape index (κ2) is 5.46. The average molecular weight is 210 g/mol. The van der Waals surface area contributed by atoms with Gasteiger partial charge in [0.1, 0.15) is 11.5 Å². The van der Waals surface area contributed by atoms with Crippen LogP contribution in [0.15, 0.2) is 18.2 Å². The summed E-state index contributed by atoms with van der Waals surface area (Å²) in [5, 5.41) is 3.08. The van der Waals surface area contributed by atoms with Crippen LogP contribution in [-0.4, -0.2) is 35.0 Å². The molecule has 84 valence electrons. The summed E-state index contributed by atoms with van der Waals surface area (Å²) in [6, 6.07) is 5.78. The van der Waals surface area contributed by atoms with Crippen molar-refractivity contribution < 1.29 is 9.47 Å². The molecule has 1 aromatic rings. The molecule has 1 rings (SSSR count). The van der Waals surface area contributed by atoms with E-state index in [9.17, 15) is 0 Å². The monoisotopic (exact) mass is 210 g/mol. The fourth-order valence-electron chi connectivity index (χ4n) is 1.42. The van der Waals surface area contributed by atoms with Gasteiger partial charge in [0.25, 0.3) is 0 Å². The largest absolute Gasteiger partial charge is 0.497 e. The highest BCUT2D eigenvalue weighted by atomic mass is 16.5. The van der Waals surface area contributed by atoms with Crippen LogP contribution in [-0.2, 0) is 0 Å². The van der Waals surface area contributed by atoms with E-state index in [4.69, 9.17) is 9.47 Å². The summed E-state index contributed by atoms with van der Waals surface area (Å²) in [6.45, 7) is 0.767. The number of hydrogen-bond donors (Lipinski definition) is 1. The van der Waals surface area contributed by atoms with Crippen LogP contribution < -0.4 is 19.7 Å². The van der Waals surface area contributed by atoms with Crippen LogP contribution in [0.5, 0.6) is 11.5 Å². The molecule has 0 unspecified atom stereocenters. The van der Waals surface area contributed by atoms with Gasteiger partial charge >= 0.3 is 0 Å². The van der Waals surface area contributed by atoms with Crippen molar-refractivity contribution in [2.45, 2.75) is 0 Å². The molecule has 4 nitrogen and oxygen atoms in total. The fraction of sp³-hybridized carbons (Fsp3) is 0.455. The summed E-state index contributed by atoms with van der Waals surface area (Å²) in [6.07, 6.45) is 0. The molecule has 0 aliphatic carbocycles. The Kier molecular flexibility index (Phi) is 4.24. The molecule has 4 heteroatoms. The molecule has 0 bridgehead atoms. The minimum atomic E-state index is 0.767. The zero-order valence-electron chi connectivity index (χ0n) is 9.70. The van der Waals surface area contributed by atoms with Crippen LogP contribution in [0.1, 0.15) is 0 Å². The van der Waals surface area contributed by atoms with Gasteiger partial charge in [0.15, 0.2) is 0 Å². The van der Waals surface area contributed by atoms with Crippen molar-refractivity contribution in [1.82, 2.24) is 5.32 Å². The molecule has 0 amide bonds. The van der Waals surface area contributed by atoms with E-state index in [0.29, 0.717) is 0 Å². The van der Waals surface area contributed by atoms with Crippen molar-refractivity contribution in [3.05, 3.63) is 18.2 Å². The van der Waals surface area contributed by atoms with Crippen LogP contribution in [0.3, 0.4) is 0 Å². The second-order valence-electron chi connectivity index (χ2n) is 3.25. The molecule has 1 N–H and O–H groups in total. The first kappa shape index (κ1) is 11.7. The minimum absolute atomic E-state index is 0.767. The summed E-state index contributed by atoms with van der Waals surface area (Å²) in [4.78, 5) is 2.07. The molecule has 0 spiro atoms. The number of rotatable bonds is 5. The van der Waals surface area contributed by atoms with E-state index in [0.717, 1.165) is 23.9 Å². The van der Waals surface area contributed by atoms with Gasteiger partial charge in [-0.1, -0.05) is 0 Å². The lowest BCUT2D eigenvalue weighted by Crippen LogP contribution is -2.28. The fourth-order valence-corrected chi connectivity index (χ4v) is 1.42. The van der Waals surface area contributed by atoms with Crippen molar-refractivity contribution in [1.29, 1.82) is 0 Å². The average Bonchev–Trinajstić information content (AvgIpc) is 2.28. The molecule has 0 aromatic heterocycles. The zero-order chi connectivity index (χ0) is 11.3. The van der Waals surface area contributed by atoms with Gasteiger partial charge in [-0.05, 0) is 19.2 Å². The third-order valence-electron chi connectivity index (χ3n) is 2.19. The Bertz CT molecular complexity index is 315. The van der Waals surface area contributed by atoms with Crippen molar-refractivity contribution in [3.8, 4) is 11.5 Å². The van der Waals surface area contributed by atoms with Crippen molar-refractivity contribution in [2.75, 3.05) is 39.9 Å². The SMILES string of the molecule is CNCN(C)c1ccc(OC)cc1OC. The predicted molar refractivity (Wildman–Crippen MR) is 61.9 cm³/mol. The standard InChI is InChI=1S/C11H18N2O2/c1-12-8-13(2)10-6-5-9(14-3)7-11(10)15-4/h5-7,12H,8H2,1-4H3. The van der Waals surface area contributed by atoms with Gasteiger partial charge in [0.2, 0.25) is 0 Å². The highest BCUT2D eigenvalue weighted by Crippen LogP contribution is 2.30. The van der Waals surface area contributed by atoms with E-state index in [1.165, 1.54) is 0 Å². The lowest BCUT2D eigenvalue weighted by molar-refractivity contribution is 0.394. The molecule has 0 saturated heterocycles. The normalized spacial score (nSPS) is 9.87. The maximum Gasteiger partial charge on any atom is 0.145 e. The zero-order valence-corrected chi connectivity index (χ0v) is 9.70. The van der Waals surface area contributed by atoms with Gasteiger partial charge in [-0.15, -0.1) is 0 Å². The van der Waals surface area contributed by atoms with Crippen LogP contribution in [0.2, 0.25) is 0 Å². The Balaban J connectivity index is 2.96. The van der Waals surface area contributed by atoms with Crippen molar-refractivity contribution >= 4 is 5.69 Å². The van der Waals surface area contributed by atoms with E-state index >= 15 is 0 Å². The molecular formula is C11H18N2O2. The highest BCUT2D eigenvalue weighted by Gasteiger charge is 2.08. The molecule has 1 aromatic carbocycles. The topological polar surface area (TPSA) is 33.7 Å². The summed E-state index contributed by atoms with van der Waals surface area (Å²) in [5.41, 5.74) is 1.03. The number of hydrogen-bond acceptors (Lipinski definition) is 4. The first-order valence-corrected chi connectivity index (χ1v) is 4.80. The van der Waals surface area contributed by atoms with Gasteiger partial charge in [0.05, 0.1) is 26.6 Å². The number of nitrogens with one attached hydrogen (secondary N) is 1. The maximum atomic E-state index is 5.31. The Labute approximate surface area is 90.8 Å². The molecule has 0 atom stereocenters. The summed E-state index contributed by atoms with van der Waals surface area (Å²) in [5.74, 6) is 1.61. The summed E-state index contributed by atoms with van der Waals surface area (Å²) >= 11 is 0. The van der Waals surface area contributed by atoms with Gasteiger partial charge in [-0.25, -0.2) is 0 Å². The Hall–Kier alpha value is -1.42. The molecule has 15 heavy (non-hydrogen) atoms. The second-order valence-corrected chi connectivity index (χ2v) is 3.25. The quantitative estimate of drug-likeness (QED) is 0.743. The molecule has 0 fully saturated rings. The van der Waals surface area contributed by atoms with Crippen molar-refractivity contribution in [2.24, 2.45) is 0 Å². The number of methoxy groups -OCH3 is 2. The number of benzene rings is 1. The molecule has 0 aliphatic heterocycles. The molecule has 0 saturated carbocycles. The van der Waals surface area contributed by atoms with E-state index < -0.39 is 0 Å². The Morgan fingerprint density at radius 3 is 2.53 bits per heavy atom. The van der Waals surface area contributed by atoms with Crippen molar-refractivity contribution in [3.63, 3.8) is 0 Å². The minimum Gasteiger partial charge on any atom is -0.497 e. The number of anilines is 1. The molecule has 0 aliphatic rings.